The SMILES string of the molecule is CCOc1ccc(-c2csc(N3CCC(S(=O)(=O)c4cc(Cl)ccc4Cl)CC3)n2)cc1. The molecule has 0 spiro atoms. The van der Waals surface area contributed by atoms with Crippen LogP contribution in [0, 0.1) is 0 Å². The molecule has 1 aliphatic rings. The molecule has 0 unspecified atom stereocenters. The summed E-state index contributed by atoms with van der Waals surface area (Å²) in [6, 6.07) is 12.4. The molecule has 1 aromatic heterocycles. The van der Waals surface area contributed by atoms with Gasteiger partial charge >= 0.3 is 0 Å². The number of nitrogens with zero attached hydrogens (tertiary/aromatic N) is 2. The van der Waals surface area contributed by atoms with Crippen LogP contribution in [0.5, 0.6) is 5.75 Å². The van der Waals surface area contributed by atoms with Gasteiger partial charge in [0.25, 0.3) is 0 Å². The number of sulfone groups is 1. The normalized spacial score (nSPS) is 15.3. The third-order valence-corrected chi connectivity index (χ3v) is 9.18. The van der Waals surface area contributed by atoms with Gasteiger partial charge in [0.05, 0.1) is 27.5 Å². The lowest BCUT2D eigenvalue weighted by Crippen LogP contribution is -2.39. The number of thiazole rings is 1. The minimum Gasteiger partial charge on any atom is -0.494 e. The number of hydrogen-bond donors (Lipinski definition) is 0. The molecule has 0 aliphatic carbocycles. The predicted molar refractivity (Wildman–Crippen MR) is 128 cm³/mol. The highest BCUT2D eigenvalue weighted by Crippen LogP contribution is 2.34. The maximum absolute atomic E-state index is 13.1. The summed E-state index contributed by atoms with van der Waals surface area (Å²) in [6.45, 7) is 3.84. The lowest BCUT2D eigenvalue weighted by molar-refractivity contribution is 0.340. The Bertz CT molecular complexity index is 1160. The summed E-state index contributed by atoms with van der Waals surface area (Å²) in [5, 5.41) is 3.03. The highest BCUT2D eigenvalue weighted by molar-refractivity contribution is 7.92. The van der Waals surface area contributed by atoms with Gasteiger partial charge in [-0.2, -0.15) is 0 Å². The smallest absolute Gasteiger partial charge is 0.185 e. The first-order valence-corrected chi connectivity index (χ1v) is 13.2. The Morgan fingerprint density at radius 1 is 1.13 bits per heavy atom. The average molecular weight is 497 g/mol. The number of hydrogen-bond acceptors (Lipinski definition) is 6. The first kappa shape index (κ1) is 22.4. The Kier molecular flexibility index (Phi) is 6.77. The van der Waals surface area contributed by atoms with Crippen LogP contribution in [-0.4, -0.2) is 38.3 Å². The zero-order valence-electron chi connectivity index (χ0n) is 16.9. The summed E-state index contributed by atoms with van der Waals surface area (Å²) in [5.41, 5.74) is 1.93. The third-order valence-electron chi connectivity index (χ3n) is 5.30. The van der Waals surface area contributed by atoms with Crippen molar-refractivity contribution in [1.82, 2.24) is 4.98 Å². The van der Waals surface area contributed by atoms with Crippen molar-refractivity contribution in [2.45, 2.75) is 29.9 Å². The molecule has 5 nitrogen and oxygen atoms in total. The van der Waals surface area contributed by atoms with Crippen molar-refractivity contribution >= 4 is 49.5 Å². The molecule has 1 fully saturated rings. The second-order valence-corrected chi connectivity index (χ2v) is 11.2. The quantitative estimate of drug-likeness (QED) is 0.421. The van der Waals surface area contributed by atoms with E-state index in [1.54, 1.807) is 17.4 Å². The number of rotatable bonds is 6. The molecule has 164 valence electrons. The van der Waals surface area contributed by atoms with Gasteiger partial charge in [-0.15, -0.1) is 11.3 Å². The Hall–Kier alpha value is -1.80. The molecule has 2 aromatic carbocycles. The summed E-state index contributed by atoms with van der Waals surface area (Å²) in [4.78, 5) is 7.03. The number of halogens is 2. The Morgan fingerprint density at radius 2 is 1.84 bits per heavy atom. The van der Waals surface area contributed by atoms with E-state index in [1.807, 2.05) is 36.6 Å². The average Bonchev–Trinajstić information content (AvgIpc) is 3.26. The number of ether oxygens (including phenoxy) is 1. The van der Waals surface area contributed by atoms with Crippen LogP contribution in [0.15, 0.2) is 52.7 Å². The van der Waals surface area contributed by atoms with Gasteiger partial charge in [-0.3, -0.25) is 0 Å². The molecule has 31 heavy (non-hydrogen) atoms. The maximum Gasteiger partial charge on any atom is 0.185 e. The molecule has 0 saturated carbocycles. The highest BCUT2D eigenvalue weighted by atomic mass is 35.5. The summed E-state index contributed by atoms with van der Waals surface area (Å²) in [5.74, 6) is 0.838. The molecule has 1 saturated heterocycles. The van der Waals surface area contributed by atoms with E-state index in [9.17, 15) is 8.42 Å². The highest BCUT2D eigenvalue weighted by Gasteiger charge is 2.33. The second kappa shape index (κ2) is 9.36. The van der Waals surface area contributed by atoms with Crippen molar-refractivity contribution in [3.05, 3.63) is 57.9 Å². The first-order chi connectivity index (χ1) is 14.9. The predicted octanol–water partition coefficient (Wildman–Crippen LogP) is 5.96. The molecule has 0 bridgehead atoms. The molecule has 0 radical (unpaired) electrons. The molecular formula is C22H22Cl2N2O3S2. The fourth-order valence-corrected chi connectivity index (χ4v) is 7.05. The van der Waals surface area contributed by atoms with Crippen molar-refractivity contribution in [2.24, 2.45) is 0 Å². The van der Waals surface area contributed by atoms with Crippen molar-refractivity contribution < 1.29 is 13.2 Å². The number of benzene rings is 2. The van der Waals surface area contributed by atoms with Crippen LogP contribution in [0.4, 0.5) is 5.13 Å². The monoisotopic (exact) mass is 496 g/mol. The van der Waals surface area contributed by atoms with Crippen LogP contribution in [0.3, 0.4) is 0 Å². The molecule has 4 rings (SSSR count). The fraction of sp³-hybridized carbons (Fsp3) is 0.318. The largest absolute Gasteiger partial charge is 0.494 e. The zero-order chi connectivity index (χ0) is 22.0. The molecule has 0 N–H and O–H groups in total. The maximum atomic E-state index is 13.1. The summed E-state index contributed by atoms with van der Waals surface area (Å²) >= 11 is 13.7. The summed E-state index contributed by atoms with van der Waals surface area (Å²) in [7, 11) is -3.54. The van der Waals surface area contributed by atoms with Gasteiger partial charge in [-0.05, 0) is 62.2 Å². The molecule has 0 atom stereocenters. The second-order valence-electron chi connectivity index (χ2n) is 7.28. The lowest BCUT2D eigenvalue weighted by atomic mass is 10.1. The Labute approximate surface area is 196 Å². The summed E-state index contributed by atoms with van der Waals surface area (Å²) < 4.78 is 31.7. The minimum absolute atomic E-state index is 0.118. The van der Waals surface area contributed by atoms with Crippen molar-refractivity contribution in [2.75, 3.05) is 24.6 Å². The van der Waals surface area contributed by atoms with Gasteiger partial charge in [0.2, 0.25) is 0 Å². The van der Waals surface area contributed by atoms with E-state index >= 15 is 0 Å². The van der Waals surface area contributed by atoms with Crippen LogP contribution in [-0.2, 0) is 9.84 Å². The topological polar surface area (TPSA) is 59.5 Å². The molecule has 9 heteroatoms. The number of aromatic nitrogens is 1. The van der Waals surface area contributed by atoms with Crippen LogP contribution in [0.2, 0.25) is 10.0 Å². The lowest BCUT2D eigenvalue weighted by Gasteiger charge is -2.31. The van der Waals surface area contributed by atoms with Crippen LogP contribution in [0.25, 0.3) is 11.3 Å². The Balaban J connectivity index is 1.44. The van der Waals surface area contributed by atoms with E-state index in [0.29, 0.717) is 37.6 Å². The summed E-state index contributed by atoms with van der Waals surface area (Å²) in [6.07, 6.45) is 1.03. The van der Waals surface area contributed by atoms with E-state index in [1.165, 1.54) is 12.1 Å². The van der Waals surface area contributed by atoms with Gasteiger partial charge in [0.15, 0.2) is 15.0 Å². The van der Waals surface area contributed by atoms with Crippen LogP contribution < -0.4 is 9.64 Å². The third kappa shape index (κ3) is 4.85. The van der Waals surface area contributed by atoms with E-state index in [-0.39, 0.29) is 9.92 Å². The van der Waals surface area contributed by atoms with Gasteiger partial charge < -0.3 is 9.64 Å². The van der Waals surface area contributed by atoms with Crippen LogP contribution >= 0.6 is 34.5 Å². The number of piperidine rings is 1. The van der Waals surface area contributed by atoms with Crippen LogP contribution in [0.1, 0.15) is 19.8 Å². The van der Waals surface area contributed by atoms with Gasteiger partial charge in [0, 0.05) is 29.1 Å². The minimum atomic E-state index is -3.54. The van der Waals surface area contributed by atoms with Crippen molar-refractivity contribution in [3.63, 3.8) is 0 Å². The van der Waals surface area contributed by atoms with E-state index in [4.69, 9.17) is 32.9 Å². The molecule has 2 heterocycles. The van der Waals surface area contributed by atoms with Crippen molar-refractivity contribution in [3.8, 4) is 17.0 Å². The Morgan fingerprint density at radius 3 is 2.52 bits per heavy atom. The van der Waals surface area contributed by atoms with Gasteiger partial charge in [-0.1, -0.05) is 23.2 Å². The van der Waals surface area contributed by atoms with Crippen molar-refractivity contribution in [1.29, 1.82) is 0 Å². The molecule has 3 aromatic rings. The molecular weight excluding hydrogens is 475 g/mol. The van der Waals surface area contributed by atoms with E-state index in [0.717, 1.165) is 22.1 Å². The zero-order valence-corrected chi connectivity index (χ0v) is 20.1. The van der Waals surface area contributed by atoms with Gasteiger partial charge in [0.1, 0.15) is 5.75 Å². The first-order valence-electron chi connectivity index (χ1n) is 10.0. The molecule has 1 aliphatic heterocycles. The van der Waals surface area contributed by atoms with E-state index < -0.39 is 15.1 Å². The standard InChI is InChI=1S/C22H22Cl2N2O3S2/c1-2-29-17-6-3-15(4-7-17)20-14-30-22(25-20)26-11-9-18(10-12-26)31(27,28)21-13-16(23)5-8-19(21)24/h3-8,13-14,18H,2,9-12H2,1H3. The van der Waals surface area contributed by atoms with E-state index in [2.05, 4.69) is 4.90 Å². The fourth-order valence-electron chi connectivity index (χ4n) is 3.66. The number of anilines is 1. The van der Waals surface area contributed by atoms with Gasteiger partial charge in [-0.25, -0.2) is 13.4 Å². The molecule has 0 amide bonds.